The molecule has 0 aromatic heterocycles. The van der Waals surface area contributed by atoms with Gasteiger partial charge < -0.3 is 4.79 Å². The molecule has 0 bridgehead atoms. The highest BCUT2D eigenvalue weighted by Gasteiger charge is 1.99. The Balaban J connectivity index is 3.45. The van der Waals surface area contributed by atoms with Crippen molar-refractivity contribution in [2.75, 3.05) is 0 Å². The minimum atomic E-state index is 0.402. The number of allylic oxidation sites excluding steroid dienone is 2. The van der Waals surface area contributed by atoms with Crippen LogP contribution in [0.3, 0.4) is 0 Å². The monoisotopic (exact) mass is 238 g/mol. The minimum Gasteiger partial charge on any atom is -0.303 e. The van der Waals surface area contributed by atoms with Gasteiger partial charge >= 0.3 is 0 Å². The molecule has 0 fully saturated rings. The average molecular weight is 238 g/mol. The van der Waals surface area contributed by atoms with E-state index in [4.69, 9.17) is 0 Å². The third-order valence-electron chi connectivity index (χ3n) is 3.25. The minimum absolute atomic E-state index is 0.402. The molecule has 0 N–H and O–H groups in total. The molecule has 100 valence electrons. The molecule has 0 aromatic carbocycles. The maximum Gasteiger partial charge on any atom is 0.120 e. The normalized spacial score (nSPS) is 15.0. The van der Waals surface area contributed by atoms with Crippen LogP contribution in [0.1, 0.15) is 72.1 Å². The average Bonchev–Trinajstić information content (AvgIpc) is 2.31. The highest BCUT2D eigenvalue weighted by Crippen LogP contribution is 2.14. The zero-order chi connectivity index (χ0) is 12.9. The molecule has 2 unspecified atom stereocenters. The third kappa shape index (κ3) is 11.7. The lowest BCUT2D eigenvalue weighted by Crippen LogP contribution is -1.94. The van der Waals surface area contributed by atoms with Crippen molar-refractivity contribution < 1.29 is 4.79 Å². The van der Waals surface area contributed by atoms with E-state index in [0.29, 0.717) is 18.3 Å². The van der Waals surface area contributed by atoms with Crippen LogP contribution >= 0.6 is 0 Å². The van der Waals surface area contributed by atoms with E-state index in [1.165, 1.54) is 44.9 Å². The summed E-state index contributed by atoms with van der Waals surface area (Å²) in [7, 11) is 0. The first kappa shape index (κ1) is 16.4. The van der Waals surface area contributed by atoms with Gasteiger partial charge in [0.1, 0.15) is 6.29 Å². The Morgan fingerprint density at radius 2 is 1.47 bits per heavy atom. The molecule has 1 heteroatoms. The van der Waals surface area contributed by atoms with Crippen LogP contribution in [0.25, 0.3) is 0 Å². The van der Waals surface area contributed by atoms with Crippen LogP contribution < -0.4 is 0 Å². The molecule has 0 amide bonds. The fourth-order valence-electron chi connectivity index (χ4n) is 1.95. The van der Waals surface area contributed by atoms with Crippen LogP contribution in [-0.2, 0) is 4.79 Å². The van der Waals surface area contributed by atoms with Crippen LogP contribution in [0, 0.1) is 11.8 Å². The highest BCUT2D eigenvalue weighted by atomic mass is 16.1. The number of aldehydes is 1. The molecule has 0 saturated carbocycles. The fraction of sp³-hybridized carbons (Fsp3) is 0.812. The lowest BCUT2D eigenvalue weighted by molar-refractivity contribution is -0.108. The Kier molecular flexibility index (Phi) is 11.5. The molecule has 2 atom stereocenters. The SMILES string of the molecule is CCCCCCCCC(C)C=CC(C)CC=O. The fourth-order valence-corrected chi connectivity index (χ4v) is 1.95. The van der Waals surface area contributed by atoms with Crippen molar-refractivity contribution in [3.63, 3.8) is 0 Å². The van der Waals surface area contributed by atoms with Gasteiger partial charge in [-0.1, -0.05) is 71.4 Å². The van der Waals surface area contributed by atoms with Gasteiger partial charge in [0.15, 0.2) is 0 Å². The maximum absolute atomic E-state index is 10.3. The molecule has 0 rings (SSSR count). The van der Waals surface area contributed by atoms with Gasteiger partial charge in [-0.2, -0.15) is 0 Å². The second kappa shape index (κ2) is 11.9. The number of hydrogen-bond acceptors (Lipinski definition) is 1. The van der Waals surface area contributed by atoms with Gasteiger partial charge in [-0.3, -0.25) is 0 Å². The first-order valence-corrected chi connectivity index (χ1v) is 7.32. The Morgan fingerprint density at radius 3 is 2.12 bits per heavy atom. The van der Waals surface area contributed by atoms with E-state index in [9.17, 15) is 4.79 Å². The quantitative estimate of drug-likeness (QED) is 0.276. The molecule has 0 aliphatic heterocycles. The Hall–Kier alpha value is -0.590. The van der Waals surface area contributed by atoms with E-state index in [1.807, 2.05) is 0 Å². The van der Waals surface area contributed by atoms with Gasteiger partial charge in [0, 0.05) is 6.42 Å². The lowest BCUT2D eigenvalue weighted by atomic mass is 9.99. The summed E-state index contributed by atoms with van der Waals surface area (Å²) in [6, 6.07) is 0. The molecule has 0 aliphatic rings. The Bertz CT molecular complexity index is 196. The second-order valence-corrected chi connectivity index (χ2v) is 5.30. The van der Waals surface area contributed by atoms with Crippen LogP contribution in [0.5, 0.6) is 0 Å². The van der Waals surface area contributed by atoms with Gasteiger partial charge in [-0.25, -0.2) is 0 Å². The van der Waals surface area contributed by atoms with Crippen LogP contribution in [0.4, 0.5) is 0 Å². The summed E-state index contributed by atoms with van der Waals surface area (Å²) in [5.41, 5.74) is 0. The Morgan fingerprint density at radius 1 is 0.882 bits per heavy atom. The van der Waals surface area contributed by atoms with E-state index >= 15 is 0 Å². The van der Waals surface area contributed by atoms with E-state index in [-0.39, 0.29) is 0 Å². The first-order valence-electron chi connectivity index (χ1n) is 7.32. The molecule has 0 spiro atoms. The van der Waals surface area contributed by atoms with Gasteiger partial charge in [0.25, 0.3) is 0 Å². The molecular formula is C16H30O. The Labute approximate surface area is 108 Å². The third-order valence-corrected chi connectivity index (χ3v) is 3.25. The van der Waals surface area contributed by atoms with Crippen LogP contribution in [0.15, 0.2) is 12.2 Å². The summed E-state index contributed by atoms with van der Waals surface area (Å²) in [5, 5.41) is 0. The van der Waals surface area contributed by atoms with Crippen molar-refractivity contribution in [2.24, 2.45) is 11.8 Å². The summed E-state index contributed by atoms with van der Waals surface area (Å²) in [4.78, 5) is 10.3. The zero-order valence-electron chi connectivity index (χ0n) is 12.0. The molecule has 0 heterocycles. The van der Waals surface area contributed by atoms with E-state index in [0.717, 1.165) is 6.29 Å². The number of rotatable bonds is 11. The van der Waals surface area contributed by atoms with Crippen LogP contribution in [-0.4, -0.2) is 6.29 Å². The summed E-state index contributed by atoms with van der Waals surface area (Å²) in [5.74, 6) is 1.06. The molecule has 0 radical (unpaired) electrons. The van der Waals surface area contributed by atoms with Crippen molar-refractivity contribution >= 4 is 6.29 Å². The van der Waals surface area contributed by atoms with Gasteiger partial charge in [0.2, 0.25) is 0 Å². The molecule has 0 aromatic rings. The van der Waals surface area contributed by atoms with E-state index < -0.39 is 0 Å². The topological polar surface area (TPSA) is 17.1 Å². The van der Waals surface area contributed by atoms with Gasteiger partial charge in [-0.05, 0) is 18.3 Å². The molecule has 1 nitrogen and oxygen atoms in total. The standard InChI is InChI=1S/C16H30O/c1-4-5-6-7-8-9-10-15(2)11-12-16(3)13-14-17/h11-12,14-16H,4-10,13H2,1-3H3. The number of carbonyl (C=O) groups is 1. The van der Waals surface area contributed by atoms with Gasteiger partial charge in [0.05, 0.1) is 0 Å². The van der Waals surface area contributed by atoms with Gasteiger partial charge in [-0.15, -0.1) is 0 Å². The highest BCUT2D eigenvalue weighted by molar-refractivity contribution is 5.50. The largest absolute Gasteiger partial charge is 0.303 e. The molecule has 0 saturated heterocycles. The first-order chi connectivity index (χ1) is 8.20. The summed E-state index contributed by atoms with van der Waals surface area (Å²) < 4.78 is 0. The van der Waals surface area contributed by atoms with Crippen LogP contribution in [0.2, 0.25) is 0 Å². The zero-order valence-corrected chi connectivity index (χ0v) is 12.0. The smallest absolute Gasteiger partial charge is 0.120 e. The molecular weight excluding hydrogens is 208 g/mol. The van der Waals surface area contributed by atoms with Crippen molar-refractivity contribution in [1.82, 2.24) is 0 Å². The molecule has 17 heavy (non-hydrogen) atoms. The van der Waals surface area contributed by atoms with Crippen molar-refractivity contribution in [2.45, 2.75) is 72.1 Å². The predicted octanol–water partition coefficient (Wildman–Crippen LogP) is 5.15. The number of hydrogen-bond donors (Lipinski definition) is 0. The van der Waals surface area contributed by atoms with E-state index in [1.54, 1.807) is 0 Å². The lowest BCUT2D eigenvalue weighted by Gasteiger charge is -2.07. The predicted molar refractivity (Wildman–Crippen MR) is 76.1 cm³/mol. The maximum atomic E-state index is 10.3. The van der Waals surface area contributed by atoms with Crippen molar-refractivity contribution in [1.29, 1.82) is 0 Å². The summed E-state index contributed by atoms with van der Waals surface area (Å²) >= 11 is 0. The molecule has 0 aliphatic carbocycles. The summed E-state index contributed by atoms with van der Waals surface area (Å²) in [6.45, 7) is 6.63. The number of unbranched alkanes of at least 4 members (excludes halogenated alkanes) is 5. The summed E-state index contributed by atoms with van der Waals surface area (Å²) in [6.07, 6.45) is 15.6. The number of carbonyl (C=O) groups excluding carboxylic acids is 1. The van der Waals surface area contributed by atoms with Crippen molar-refractivity contribution in [3.05, 3.63) is 12.2 Å². The van der Waals surface area contributed by atoms with Crippen molar-refractivity contribution in [3.8, 4) is 0 Å². The second-order valence-electron chi connectivity index (χ2n) is 5.30. The van der Waals surface area contributed by atoms with E-state index in [2.05, 4.69) is 32.9 Å².